The lowest BCUT2D eigenvalue weighted by atomic mass is 10.2. The van der Waals surface area contributed by atoms with E-state index >= 15 is 0 Å². The largest absolute Gasteiger partial charge is 0.370 e. The number of carbonyl (C=O) groups excluding carboxylic acids is 1. The van der Waals surface area contributed by atoms with Gasteiger partial charge in [0, 0.05) is 18.2 Å². The van der Waals surface area contributed by atoms with Gasteiger partial charge in [-0.25, -0.2) is 0 Å². The Morgan fingerprint density at radius 3 is 3.14 bits per heavy atom. The number of amidine groups is 1. The van der Waals surface area contributed by atoms with Crippen LogP contribution in [-0.4, -0.2) is 28.9 Å². The zero-order valence-electron chi connectivity index (χ0n) is 8.62. The molecule has 0 aromatic heterocycles. The lowest BCUT2D eigenvalue weighted by Crippen LogP contribution is -2.36. The first-order valence-electron chi connectivity index (χ1n) is 4.83. The fraction of sp³-hybridized carbons (Fsp3) is 0.778. The standard InChI is InChI=1S/C9H17N3OS/c1-6-3-4-14-9(11-6)12-7(2)5-8(10)13/h6-7H,3-5H2,1-2H3,(H2,10,13)(H,11,12). The number of hydrogen-bond donors (Lipinski definition) is 2. The maximum atomic E-state index is 10.7. The van der Waals surface area contributed by atoms with Crippen LogP contribution < -0.4 is 11.1 Å². The Labute approximate surface area is 88.7 Å². The van der Waals surface area contributed by atoms with Crippen molar-refractivity contribution >= 4 is 22.8 Å². The summed E-state index contributed by atoms with van der Waals surface area (Å²) in [5, 5.41) is 4.13. The molecular formula is C9H17N3OS. The number of nitrogens with two attached hydrogens (primary N) is 1. The molecular weight excluding hydrogens is 198 g/mol. The van der Waals surface area contributed by atoms with Crippen LogP contribution in [0.4, 0.5) is 0 Å². The first kappa shape index (κ1) is 11.4. The molecule has 5 heteroatoms. The minimum atomic E-state index is -0.278. The Balaban J connectivity index is 2.39. The number of thioether (sulfide) groups is 1. The molecule has 0 fully saturated rings. The highest BCUT2D eigenvalue weighted by Crippen LogP contribution is 2.16. The molecule has 0 radical (unpaired) electrons. The summed E-state index contributed by atoms with van der Waals surface area (Å²) in [6.45, 7) is 4.03. The van der Waals surface area contributed by atoms with Crippen LogP contribution in [0, 0.1) is 0 Å². The normalized spacial score (nSPS) is 23.9. The number of nitrogens with zero attached hydrogens (tertiary/aromatic N) is 1. The van der Waals surface area contributed by atoms with Crippen molar-refractivity contribution in [1.82, 2.24) is 5.32 Å². The van der Waals surface area contributed by atoms with Crippen LogP contribution in [0.25, 0.3) is 0 Å². The van der Waals surface area contributed by atoms with E-state index in [0.717, 1.165) is 17.3 Å². The number of nitrogens with one attached hydrogen (secondary N) is 1. The Hall–Kier alpha value is -0.710. The van der Waals surface area contributed by atoms with Crippen LogP contribution in [0.2, 0.25) is 0 Å². The van der Waals surface area contributed by atoms with E-state index in [1.54, 1.807) is 11.8 Å². The molecule has 0 spiro atoms. The molecule has 2 unspecified atom stereocenters. The molecule has 0 saturated heterocycles. The highest BCUT2D eigenvalue weighted by atomic mass is 32.2. The third-order valence-electron chi connectivity index (χ3n) is 1.99. The van der Waals surface area contributed by atoms with Crippen LogP contribution >= 0.6 is 11.8 Å². The summed E-state index contributed by atoms with van der Waals surface area (Å²) < 4.78 is 0. The molecule has 2 atom stereocenters. The molecule has 0 saturated carbocycles. The number of aliphatic imine (C=N–C) groups is 1. The molecule has 0 aromatic carbocycles. The van der Waals surface area contributed by atoms with E-state index in [2.05, 4.69) is 17.2 Å². The Bertz CT molecular complexity index is 242. The van der Waals surface area contributed by atoms with Crippen LogP contribution in [0.3, 0.4) is 0 Å². The van der Waals surface area contributed by atoms with E-state index in [1.165, 1.54) is 0 Å². The van der Waals surface area contributed by atoms with E-state index in [1.807, 2.05) is 6.92 Å². The van der Waals surface area contributed by atoms with Gasteiger partial charge < -0.3 is 11.1 Å². The molecule has 80 valence electrons. The van der Waals surface area contributed by atoms with Gasteiger partial charge in [-0.05, 0) is 20.3 Å². The lowest BCUT2D eigenvalue weighted by Gasteiger charge is -2.20. The summed E-state index contributed by atoms with van der Waals surface area (Å²) in [6, 6.07) is 0.462. The first-order chi connectivity index (χ1) is 6.58. The van der Waals surface area contributed by atoms with Gasteiger partial charge in [0.05, 0.1) is 6.04 Å². The van der Waals surface area contributed by atoms with Crippen LogP contribution in [0.15, 0.2) is 4.99 Å². The average Bonchev–Trinajstić information content (AvgIpc) is 2.01. The van der Waals surface area contributed by atoms with E-state index < -0.39 is 0 Å². The predicted molar refractivity (Wildman–Crippen MR) is 60.4 cm³/mol. The number of carbonyl (C=O) groups is 1. The van der Waals surface area contributed by atoms with Crippen LogP contribution in [-0.2, 0) is 4.79 Å². The van der Waals surface area contributed by atoms with Gasteiger partial charge in [-0.1, -0.05) is 11.8 Å². The summed E-state index contributed by atoms with van der Waals surface area (Å²) in [5.74, 6) is 0.815. The van der Waals surface area contributed by atoms with Gasteiger partial charge in [0.2, 0.25) is 5.91 Å². The molecule has 0 bridgehead atoms. The van der Waals surface area contributed by atoms with Gasteiger partial charge in [-0.3, -0.25) is 9.79 Å². The minimum absolute atomic E-state index is 0.0732. The topological polar surface area (TPSA) is 67.5 Å². The Morgan fingerprint density at radius 1 is 1.86 bits per heavy atom. The highest BCUT2D eigenvalue weighted by Gasteiger charge is 2.14. The van der Waals surface area contributed by atoms with Crippen molar-refractivity contribution in [3.05, 3.63) is 0 Å². The Morgan fingerprint density at radius 2 is 2.57 bits per heavy atom. The van der Waals surface area contributed by atoms with Crippen molar-refractivity contribution in [2.24, 2.45) is 10.7 Å². The summed E-state index contributed by atoms with van der Waals surface area (Å²) in [5.41, 5.74) is 5.10. The maximum absolute atomic E-state index is 10.7. The number of hydrogen-bond acceptors (Lipinski definition) is 4. The second kappa shape index (κ2) is 5.24. The van der Waals surface area contributed by atoms with Crippen molar-refractivity contribution in [1.29, 1.82) is 0 Å². The fourth-order valence-electron chi connectivity index (χ4n) is 1.27. The van der Waals surface area contributed by atoms with Crippen LogP contribution in [0.5, 0.6) is 0 Å². The molecule has 1 heterocycles. The highest BCUT2D eigenvalue weighted by molar-refractivity contribution is 8.13. The van der Waals surface area contributed by atoms with Crippen LogP contribution in [0.1, 0.15) is 26.7 Å². The molecule has 1 aliphatic rings. The second-order valence-corrected chi connectivity index (χ2v) is 4.72. The second-order valence-electron chi connectivity index (χ2n) is 3.64. The third kappa shape index (κ3) is 4.00. The van der Waals surface area contributed by atoms with Gasteiger partial charge in [0.1, 0.15) is 0 Å². The van der Waals surface area contributed by atoms with E-state index in [0.29, 0.717) is 12.5 Å². The van der Waals surface area contributed by atoms with Gasteiger partial charge in [0.25, 0.3) is 0 Å². The number of amides is 1. The van der Waals surface area contributed by atoms with E-state index in [9.17, 15) is 4.79 Å². The summed E-state index contributed by atoms with van der Waals surface area (Å²) in [7, 11) is 0. The molecule has 0 aromatic rings. The smallest absolute Gasteiger partial charge is 0.219 e. The Kier molecular flexibility index (Phi) is 4.25. The number of rotatable bonds is 3. The van der Waals surface area contributed by atoms with Crippen molar-refractivity contribution in [3.63, 3.8) is 0 Å². The van der Waals surface area contributed by atoms with E-state index in [-0.39, 0.29) is 11.9 Å². The minimum Gasteiger partial charge on any atom is -0.370 e. The molecule has 1 rings (SSSR count). The SMILES string of the molecule is CC1CCSC(NC(C)CC(N)=O)=N1. The van der Waals surface area contributed by atoms with Gasteiger partial charge in [-0.2, -0.15) is 0 Å². The monoisotopic (exact) mass is 215 g/mol. The summed E-state index contributed by atoms with van der Waals surface area (Å²) >= 11 is 1.71. The van der Waals surface area contributed by atoms with Crippen molar-refractivity contribution < 1.29 is 4.79 Å². The zero-order chi connectivity index (χ0) is 10.6. The van der Waals surface area contributed by atoms with Crippen molar-refractivity contribution in [3.8, 4) is 0 Å². The van der Waals surface area contributed by atoms with Gasteiger partial charge >= 0.3 is 0 Å². The van der Waals surface area contributed by atoms with Crippen molar-refractivity contribution in [2.45, 2.75) is 38.8 Å². The first-order valence-corrected chi connectivity index (χ1v) is 5.82. The molecule has 0 aliphatic carbocycles. The van der Waals surface area contributed by atoms with Crippen molar-refractivity contribution in [2.75, 3.05) is 5.75 Å². The number of primary amides is 1. The maximum Gasteiger partial charge on any atom is 0.219 e. The lowest BCUT2D eigenvalue weighted by molar-refractivity contribution is -0.118. The van der Waals surface area contributed by atoms with Gasteiger partial charge in [-0.15, -0.1) is 0 Å². The van der Waals surface area contributed by atoms with Gasteiger partial charge in [0.15, 0.2) is 5.17 Å². The molecule has 1 aliphatic heterocycles. The zero-order valence-corrected chi connectivity index (χ0v) is 9.43. The fourth-order valence-corrected chi connectivity index (χ4v) is 2.46. The molecule has 3 N–H and O–H groups in total. The molecule has 1 amide bonds. The third-order valence-corrected chi connectivity index (χ3v) is 2.93. The predicted octanol–water partition coefficient (Wildman–Crippen LogP) is 0.721. The summed E-state index contributed by atoms with van der Waals surface area (Å²) in [4.78, 5) is 15.1. The quantitative estimate of drug-likeness (QED) is 0.729. The average molecular weight is 215 g/mol. The summed E-state index contributed by atoms with van der Waals surface area (Å²) in [6.07, 6.45) is 1.48. The molecule has 4 nitrogen and oxygen atoms in total. The van der Waals surface area contributed by atoms with E-state index in [4.69, 9.17) is 5.73 Å². The molecule has 14 heavy (non-hydrogen) atoms.